The minimum atomic E-state index is -0.818. The summed E-state index contributed by atoms with van der Waals surface area (Å²) in [6.07, 6.45) is 1.01. The molecule has 3 amide bonds. The van der Waals surface area contributed by atoms with Gasteiger partial charge in [-0.2, -0.15) is 5.26 Å². The van der Waals surface area contributed by atoms with E-state index in [1.165, 1.54) is 4.90 Å². The third-order valence-electron chi connectivity index (χ3n) is 4.69. The van der Waals surface area contributed by atoms with Gasteiger partial charge in [0.15, 0.2) is 0 Å². The second kappa shape index (κ2) is 4.96. The quantitative estimate of drug-likeness (QED) is 0.773. The Morgan fingerprint density at radius 1 is 1.35 bits per heavy atom. The van der Waals surface area contributed by atoms with Gasteiger partial charge < -0.3 is 14.7 Å². The van der Waals surface area contributed by atoms with Crippen molar-refractivity contribution >= 4 is 17.6 Å². The second-order valence-corrected chi connectivity index (χ2v) is 5.95. The Labute approximate surface area is 132 Å². The molecule has 2 fully saturated rings. The number of aliphatic hydroxyl groups excluding tert-OH is 1. The Hall–Kier alpha value is -2.59. The number of rotatable bonds is 1. The fraction of sp³-hybridized carbons (Fsp3) is 0.438. The number of anilines is 1. The SMILES string of the molecule is N#Cc1ccc(N2C(=O)[C@@H]3C(O)CCN3C2=O)c2c1OCCC2. The van der Waals surface area contributed by atoms with Gasteiger partial charge in [-0.15, -0.1) is 0 Å². The van der Waals surface area contributed by atoms with Crippen LogP contribution in [0.2, 0.25) is 0 Å². The molecule has 3 aliphatic heterocycles. The first-order chi connectivity index (χ1) is 11.1. The van der Waals surface area contributed by atoms with Gasteiger partial charge in [0, 0.05) is 12.1 Å². The highest BCUT2D eigenvalue weighted by atomic mass is 16.5. The molecule has 1 N–H and O–H groups in total. The summed E-state index contributed by atoms with van der Waals surface area (Å²) in [5.41, 5.74) is 1.59. The third kappa shape index (κ3) is 1.85. The van der Waals surface area contributed by atoms with E-state index < -0.39 is 24.1 Å². The molecular weight excluding hydrogens is 298 g/mol. The number of amides is 3. The maximum atomic E-state index is 12.6. The number of ether oxygens (including phenoxy) is 1. The molecule has 23 heavy (non-hydrogen) atoms. The largest absolute Gasteiger partial charge is 0.492 e. The number of benzene rings is 1. The van der Waals surface area contributed by atoms with Crippen LogP contribution < -0.4 is 9.64 Å². The van der Waals surface area contributed by atoms with Crippen LogP contribution in [0.3, 0.4) is 0 Å². The highest BCUT2D eigenvalue weighted by Gasteiger charge is 2.53. The number of fused-ring (bicyclic) bond motifs is 2. The van der Waals surface area contributed by atoms with Crippen molar-refractivity contribution in [3.8, 4) is 11.8 Å². The van der Waals surface area contributed by atoms with Gasteiger partial charge >= 0.3 is 6.03 Å². The zero-order valence-corrected chi connectivity index (χ0v) is 12.4. The third-order valence-corrected chi connectivity index (χ3v) is 4.69. The number of carbonyl (C=O) groups excluding carboxylic acids is 2. The van der Waals surface area contributed by atoms with Crippen molar-refractivity contribution in [3.63, 3.8) is 0 Å². The Bertz CT molecular complexity index is 754. The van der Waals surface area contributed by atoms with Crippen LogP contribution in [-0.4, -0.2) is 47.2 Å². The summed E-state index contributed by atoms with van der Waals surface area (Å²) >= 11 is 0. The molecule has 0 aromatic heterocycles. The molecule has 2 saturated heterocycles. The van der Waals surface area contributed by atoms with Gasteiger partial charge in [-0.1, -0.05) is 0 Å². The van der Waals surface area contributed by atoms with E-state index in [0.29, 0.717) is 48.6 Å². The van der Waals surface area contributed by atoms with Gasteiger partial charge in [-0.3, -0.25) is 4.79 Å². The molecular formula is C16H15N3O4. The summed E-state index contributed by atoms with van der Waals surface area (Å²) in [5, 5.41) is 19.2. The Morgan fingerprint density at radius 2 is 2.17 bits per heavy atom. The van der Waals surface area contributed by atoms with Crippen molar-refractivity contribution in [2.75, 3.05) is 18.1 Å². The molecule has 0 spiro atoms. The van der Waals surface area contributed by atoms with Gasteiger partial charge in [0.1, 0.15) is 17.9 Å². The van der Waals surface area contributed by atoms with Crippen LogP contribution >= 0.6 is 0 Å². The minimum absolute atomic E-state index is 0.377. The summed E-state index contributed by atoms with van der Waals surface area (Å²) in [6.45, 7) is 0.891. The maximum absolute atomic E-state index is 12.6. The van der Waals surface area contributed by atoms with Crippen LogP contribution in [0.4, 0.5) is 10.5 Å². The molecule has 3 heterocycles. The van der Waals surface area contributed by atoms with Crippen LogP contribution in [0.1, 0.15) is 24.0 Å². The lowest BCUT2D eigenvalue weighted by molar-refractivity contribution is -0.121. The number of urea groups is 1. The molecule has 0 aliphatic carbocycles. The van der Waals surface area contributed by atoms with Gasteiger partial charge in [0.05, 0.1) is 24.0 Å². The van der Waals surface area contributed by atoms with E-state index in [9.17, 15) is 20.0 Å². The summed E-state index contributed by atoms with van der Waals surface area (Å²) in [7, 11) is 0. The molecule has 0 saturated carbocycles. The predicted molar refractivity (Wildman–Crippen MR) is 79.0 cm³/mol. The number of aliphatic hydroxyl groups is 1. The molecule has 4 rings (SSSR count). The topological polar surface area (TPSA) is 93.9 Å². The molecule has 1 unspecified atom stereocenters. The van der Waals surface area contributed by atoms with Crippen molar-refractivity contribution in [3.05, 3.63) is 23.3 Å². The lowest BCUT2D eigenvalue weighted by Crippen LogP contribution is -2.37. The van der Waals surface area contributed by atoms with E-state index in [1.54, 1.807) is 12.1 Å². The second-order valence-electron chi connectivity index (χ2n) is 5.95. The fourth-order valence-electron chi connectivity index (χ4n) is 3.61. The normalized spacial score (nSPS) is 25.9. The number of carbonyl (C=O) groups is 2. The van der Waals surface area contributed by atoms with E-state index in [2.05, 4.69) is 6.07 Å². The van der Waals surface area contributed by atoms with Crippen molar-refractivity contribution in [1.82, 2.24) is 4.90 Å². The molecule has 1 aromatic carbocycles. The zero-order chi connectivity index (χ0) is 16.1. The summed E-state index contributed by atoms with van der Waals surface area (Å²) in [6, 6.07) is 4.07. The minimum Gasteiger partial charge on any atom is -0.492 e. The summed E-state index contributed by atoms with van der Waals surface area (Å²) in [4.78, 5) is 27.8. The lowest BCUT2D eigenvalue weighted by Gasteiger charge is -2.25. The number of nitrogens with zero attached hydrogens (tertiary/aromatic N) is 3. The Balaban J connectivity index is 1.81. The van der Waals surface area contributed by atoms with Crippen LogP contribution in [-0.2, 0) is 11.2 Å². The molecule has 0 bridgehead atoms. The van der Waals surface area contributed by atoms with Crippen molar-refractivity contribution in [2.45, 2.75) is 31.4 Å². The van der Waals surface area contributed by atoms with E-state index >= 15 is 0 Å². The molecule has 7 nitrogen and oxygen atoms in total. The summed E-state index contributed by atoms with van der Waals surface area (Å²) in [5.74, 6) is 0.0574. The summed E-state index contributed by atoms with van der Waals surface area (Å²) < 4.78 is 5.60. The number of nitriles is 1. The Morgan fingerprint density at radius 3 is 2.91 bits per heavy atom. The first-order valence-electron chi connectivity index (χ1n) is 7.65. The van der Waals surface area contributed by atoms with Gasteiger partial charge in [-0.25, -0.2) is 9.69 Å². The highest BCUT2D eigenvalue weighted by Crippen LogP contribution is 2.40. The molecule has 2 atom stereocenters. The number of imide groups is 1. The standard InChI is InChI=1S/C16H15N3O4/c17-8-9-3-4-11(10-2-1-7-23-14(9)10)19-15(21)13-12(20)5-6-18(13)16(19)22/h3-4,12-13,20H,1-2,5-7H2/t12?,13-/m0/s1. The van der Waals surface area contributed by atoms with E-state index in [0.717, 1.165) is 11.3 Å². The average molecular weight is 313 g/mol. The maximum Gasteiger partial charge on any atom is 0.332 e. The van der Waals surface area contributed by atoms with Crippen LogP contribution in [0.15, 0.2) is 12.1 Å². The van der Waals surface area contributed by atoms with Gasteiger partial charge in [0.25, 0.3) is 5.91 Å². The lowest BCUT2D eigenvalue weighted by atomic mass is 9.99. The molecule has 3 aliphatic rings. The van der Waals surface area contributed by atoms with E-state index in [4.69, 9.17) is 4.74 Å². The van der Waals surface area contributed by atoms with Gasteiger partial charge in [0.2, 0.25) is 0 Å². The predicted octanol–water partition coefficient (Wildman–Crippen LogP) is 0.785. The smallest absolute Gasteiger partial charge is 0.332 e. The van der Waals surface area contributed by atoms with E-state index in [-0.39, 0.29) is 0 Å². The molecule has 118 valence electrons. The molecule has 1 aromatic rings. The number of hydrogen-bond acceptors (Lipinski definition) is 5. The monoisotopic (exact) mass is 313 g/mol. The first kappa shape index (κ1) is 14.0. The highest BCUT2D eigenvalue weighted by molar-refractivity contribution is 6.22. The Kier molecular flexibility index (Phi) is 3.03. The molecule has 0 radical (unpaired) electrons. The zero-order valence-electron chi connectivity index (χ0n) is 12.4. The average Bonchev–Trinajstić information content (AvgIpc) is 3.07. The first-order valence-corrected chi connectivity index (χ1v) is 7.65. The van der Waals surface area contributed by atoms with Crippen LogP contribution in [0, 0.1) is 11.3 Å². The van der Waals surface area contributed by atoms with Crippen molar-refractivity contribution in [1.29, 1.82) is 5.26 Å². The van der Waals surface area contributed by atoms with Gasteiger partial charge in [-0.05, 0) is 31.4 Å². The van der Waals surface area contributed by atoms with Crippen LogP contribution in [0.5, 0.6) is 5.75 Å². The van der Waals surface area contributed by atoms with Crippen molar-refractivity contribution in [2.24, 2.45) is 0 Å². The van der Waals surface area contributed by atoms with Crippen molar-refractivity contribution < 1.29 is 19.4 Å². The fourth-order valence-corrected chi connectivity index (χ4v) is 3.61. The van der Waals surface area contributed by atoms with Crippen LogP contribution in [0.25, 0.3) is 0 Å². The number of hydrogen-bond donors (Lipinski definition) is 1. The van der Waals surface area contributed by atoms with E-state index in [1.807, 2.05) is 0 Å². The molecule has 7 heteroatoms.